The Hall–Kier alpha value is -2.62. The maximum Gasteiger partial charge on any atom is 0.236 e. The van der Waals surface area contributed by atoms with Gasteiger partial charge < -0.3 is 10.6 Å². The summed E-state index contributed by atoms with van der Waals surface area (Å²) in [4.78, 5) is 25.4. The molecule has 1 aliphatic carbocycles. The lowest BCUT2D eigenvalue weighted by Gasteiger charge is -2.22. The van der Waals surface area contributed by atoms with Gasteiger partial charge in [0.15, 0.2) is 0 Å². The zero-order chi connectivity index (χ0) is 17.9. The van der Waals surface area contributed by atoms with E-state index in [1.165, 1.54) is 0 Å². The quantitative estimate of drug-likeness (QED) is 0.793. The summed E-state index contributed by atoms with van der Waals surface area (Å²) in [5.74, 6) is -0.358. The van der Waals surface area contributed by atoms with E-state index in [-0.39, 0.29) is 23.9 Å². The van der Waals surface area contributed by atoms with Crippen LogP contribution in [0.1, 0.15) is 49.9 Å². The normalized spacial score (nSPS) is 17.2. The van der Waals surface area contributed by atoms with Crippen molar-refractivity contribution in [1.29, 1.82) is 0 Å². The zero-order valence-corrected chi connectivity index (χ0v) is 14.7. The minimum absolute atomic E-state index is 0.120. The van der Waals surface area contributed by atoms with Gasteiger partial charge in [0.1, 0.15) is 5.41 Å². The molecule has 2 N–H and O–H groups in total. The van der Waals surface area contributed by atoms with Crippen LogP contribution in [0.15, 0.2) is 60.7 Å². The lowest BCUT2D eigenvalue weighted by Crippen LogP contribution is -2.44. The average molecular weight is 336 g/mol. The van der Waals surface area contributed by atoms with Crippen LogP contribution in [0.5, 0.6) is 0 Å². The maximum absolute atomic E-state index is 12.7. The SMILES string of the molecule is CC(NC(=O)C1(C(=O)NC(C)c2ccccc2)CC1)c1ccccc1. The minimum atomic E-state index is -0.911. The van der Waals surface area contributed by atoms with E-state index >= 15 is 0 Å². The molecule has 0 heterocycles. The molecule has 4 heteroatoms. The number of benzene rings is 2. The Morgan fingerprint density at radius 1 is 0.760 bits per heavy atom. The van der Waals surface area contributed by atoms with Crippen molar-refractivity contribution < 1.29 is 9.59 Å². The number of hydrogen-bond donors (Lipinski definition) is 2. The summed E-state index contributed by atoms with van der Waals surface area (Å²) >= 11 is 0. The number of rotatable bonds is 6. The van der Waals surface area contributed by atoms with Gasteiger partial charge in [-0.1, -0.05) is 60.7 Å². The van der Waals surface area contributed by atoms with E-state index < -0.39 is 5.41 Å². The highest BCUT2D eigenvalue weighted by atomic mass is 16.2. The van der Waals surface area contributed by atoms with Crippen molar-refractivity contribution in [3.63, 3.8) is 0 Å². The first-order valence-electron chi connectivity index (χ1n) is 8.75. The van der Waals surface area contributed by atoms with Crippen molar-refractivity contribution in [2.24, 2.45) is 5.41 Å². The molecule has 1 fully saturated rings. The van der Waals surface area contributed by atoms with Crippen molar-refractivity contribution in [1.82, 2.24) is 10.6 Å². The van der Waals surface area contributed by atoms with E-state index in [0.29, 0.717) is 12.8 Å². The molecule has 2 atom stereocenters. The summed E-state index contributed by atoms with van der Waals surface area (Å²) in [5, 5.41) is 5.99. The molecule has 0 radical (unpaired) electrons. The number of carbonyl (C=O) groups is 2. The Labute approximate surface area is 148 Å². The van der Waals surface area contributed by atoms with Crippen molar-refractivity contribution in [2.45, 2.75) is 38.8 Å². The predicted molar refractivity (Wildman–Crippen MR) is 97.7 cm³/mol. The Kier molecular flexibility index (Phi) is 4.88. The van der Waals surface area contributed by atoms with Gasteiger partial charge in [0.2, 0.25) is 11.8 Å². The summed E-state index contributed by atoms with van der Waals surface area (Å²) in [5.41, 5.74) is 1.15. The molecule has 130 valence electrons. The van der Waals surface area contributed by atoms with Crippen LogP contribution in [0.25, 0.3) is 0 Å². The Bertz CT molecular complexity index is 678. The topological polar surface area (TPSA) is 58.2 Å². The van der Waals surface area contributed by atoms with Crippen LogP contribution in [0.4, 0.5) is 0 Å². The van der Waals surface area contributed by atoms with E-state index in [1.807, 2.05) is 74.5 Å². The molecule has 2 unspecified atom stereocenters. The first kappa shape index (κ1) is 17.2. The molecule has 0 bridgehead atoms. The summed E-state index contributed by atoms with van der Waals surface area (Å²) in [6.45, 7) is 3.88. The molecular formula is C21H24N2O2. The molecule has 2 aromatic carbocycles. The van der Waals surface area contributed by atoms with Gasteiger partial charge in [0.25, 0.3) is 0 Å². The van der Waals surface area contributed by atoms with Gasteiger partial charge in [-0.2, -0.15) is 0 Å². The first-order chi connectivity index (χ1) is 12.0. The van der Waals surface area contributed by atoms with Crippen LogP contribution in [0, 0.1) is 5.41 Å². The summed E-state index contributed by atoms with van der Waals surface area (Å²) in [7, 11) is 0. The maximum atomic E-state index is 12.7. The monoisotopic (exact) mass is 336 g/mol. The minimum Gasteiger partial charge on any atom is -0.349 e. The third-order valence-corrected chi connectivity index (χ3v) is 4.91. The average Bonchev–Trinajstić information content (AvgIpc) is 3.45. The molecule has 25 heavy (non-hydrogen) atoms. The summed E-state index contributed by atoms with van der Waals surface area (Å²) in [6, 6.07) is 19.3. The fourth-order valence-corrected chi connectivity index (χ4v) is 3.00. The van der Waals surface area contributed by atoms with Crippen molar-refractivity contribution in [3.05, 3.63) is 71.8 Å². The van der Waals surface area contributed by atoms with Crippen LogP contribution in [-0.2, 0) is 9.59 Å². The highest BCUT2D eigenvalue weighted by molar-refractivity contribution is 6.08. The van der Waals surface area contributed by atoms with Gasteiger partial charge in [0.05, 0.1) is 12.1 Å². The van der Waals surface area contributed by atoms with E-state index in [2.05, 4.69) is 10.6 Å². The predicted octanol–water partition coefficient (Wildman–Crippen LogP) is 3.52. The Balaban J connectivity index is 1.63. The first-order valence-corrected chi connectivity index (χ1v) is 8.75. The van der Waals surface area contributed by atoms with Crippen LogP contribution >= 0.6 is 0 Å². The van der Waals surface area contributed by atoms with Crippen LogP contribution < -0.4 is 10.6 Å². The van der Waals surface area contributed by atoms with Gasteiger partial charge in [-0.3, -0.25) is 9.59 Å². The molecule has 1 saturated carbocycles. The highest BCUT2D eigenvalue weighted by Gasteiger charge is 2.56. The molecule has 2 amide bonds. The molecule has 0 saturated heterocycles. The molecular weight excluding hydrogens is 312 g/mol. The van der Waals surface area contributed by atoms with Gasteiger partial charge in [-0.25, -0.2) is 0 Å². The van der Waals surface area contributed by atoms with Crippen molar-refractivity contribution in [2.75, 3.05) is 0 Å². The second-order valence-electron chi connectivity index (χ2n) is 6.79. The smallest absolute Gasteiger partial charge is 0.236 e. The second-order valence-corrected chi connectivity index (χ2v) is 6.79. The van der Waals surface area contributed by atoms with E-state index in [4.69, 9.17) is 0 Å². The standard InChI is InChI=1S/C21H24N2O2/c1-15(17-9-5-3-6-10-17)22-19(24)21(13-14-21)20(25)23-16(2)18-11-7-4-8-12-18/h3-12,15-16H,13-14H2,1-2H3,(H,22,24)(H,23,25). The fourth-order valence-electron chi connectivity index (χ4n) is 3.00. The van der Waals surface area contributed by atoms with Crippen LogP contribution in [-0.4, -0.2) is 11.8 Å². The number of hydrogen-bond acceptors (Lipinski definition) is 2. The molecule has 0 aromatic heterocycles. The fraction of sp³-hybridized carbons (Fsp3) is 0.333. The number of carbonyl (C=O) groups excluding carboxylic acids is 2. The van der Waals surface area contributed by atoms with Gasteiger partial charge in [0, 0.05) is 0 Å². The lowest BCUT2D eigenvalue weighted by molar-refractivity contribution is -0.137. The molecule has 3 rings (SSSR count). The van der Waals surface area contributed by atoms with Gasteiger partial charge in [-0.15, -0.1) is 0 Å². The molecule has 0 spiro atoms. The third-order valence-electron chi connectivity index (χ3n) is 4.91. The van der Waals surface area contributed by atoms with E-state index in [1.54, 1.807) is 0 Å². The number of amides is 2. The zero-order valence-electron chi connectivity index (χ0n) is 14.7. The molecule has 4 nitrogen and oxygen atoms in total. The van der Waals surface area contributed by atoms with E-state index in [0.717, 1.165) is 11.1 Å². The van der Waals surface area contributed by atoms with Crippen LogP contribution in [0.2, 0.25) is 0 Å². The Morgan fingerprint density at radius 3 is 1.44 bits per heavy atom. The Morgan fingerprint density at radius 2 is 1.12 bits per heavy atom. The molecule has 2 aromatic rings. The third kappa shape index (κ3) is 3.73. The largest absolute Gasteiger partial charge is 0.349 e. The van der Waals surface area contributed by atoms with Crippen molar-refractivity contribution >= 4 is 11.8 Å². The van der Waals surface area contributed by atoms with Gasteiger partial charge in [-0.05, 0) is 37.8 Å². The summed E-state index contributed by atoms with van der Waals surface area (Å²) in [6.07, 6.45) is 1.21. The molecule has 0 aliphatic heterocycles. The van der Waals surface area contributed by atoms with Crippen LogP contribution in [0.3, 0.4) is 0 Å². The highest BCUT2D eigenvalue weighted by Crippen LogP contribution is 2.47. The van der Waals surface area contributed by atoms with Crippen molar-refractivity contribution in [3.8, 4) is 0 Å². The molecule has 1 aliphatic rings. The second kappa shape index (κ2) is 7.09. The van der Waals surface area contributed by atoms with E-state index in [9.17, 15) is 9.59 Å². The summed E-state index contributed by atoms with van der Waals surface area (Å²) < 4.78 is 0. The lowest BCUT2D eigenvalue weighted by atomic mass is 10.0. The number of nitrogens with one attached hydrogen (secondary N) is 2. The van der Waals surface area contributed by atoms with Gasteiger partial charge >= 0.3 is 0 Å².